The third-order valence-electron chi connectivity index (χ3n) is 3.29. The fraction of sp³-hybridized carbons (Fsp3) is 0.353. The van der Waals surface area contributed by atoms with Crippen LogP contribution in [0.1, 0.15) is 30.6 Å². The Labute approximate surface area is 135 Å². The second-order valence-corrected chi connectivity index (χ2v) is 5.29. The molecule has 0 fully saturated rings. The second kappa shape index (κ2) is 8.12. The number of carbonyl (C=O) groups is 2. The molecule has 23 heavy (non-hydrogen) atoms. The van der Waals surface area contributed by atoms with E-state index < -0.39 is 0 Å². The van der Waals surface area contributed by atoms with Crippen LogP contribution < -0.4 is 10.1 Å². The lowest BCUT2D eigenvalue weighted by Crippen LogP contribution is -2.38. The number of benzene rings is 1. The van der Waals surface area contributed by atoms with Crippen LogP contribution in [0.5, 0.6) is 5.75 Å². The smallest absolute Gasteiger partial charge is 0.258 e. The van der Waals surface area contributed by atoms with Crippen LogP contribution in [0.15, 0.2) is 42.7 Å². The van der Waals surface area contributed by atoms with Crippen LogP contribution in [0.3, 0.4) is 0 Å². The van der Waals surface area contributed by atoms with Crippen molar-refractivity contribution in [2.45, 2.75) is 32.9 Å². The van der Waals surface area contributed by atoms with Gasteiger partial charge in [0.2, 0.25) is 0 Å². The molecular formula is C17H21N3O3. The molecule has 0 aliphatic heterocycles. The van der Waals surface area contributed by atoms with E-state index in [0.717, 1.165) is 0 Å². The monoisotopic (exact) mass is 315 g/mol. The Hall–Kier alpha value is -2.63. The molecule has 1 aromatic heterocycles. The fourth-order valence-electron chi connectivity index (χ4n) is 2.14. The molecular weight excluding hydrogens is 294 g/mol. The molecule has 0 unspecified atom stereocenters. The van der Waals surface area contributed by atoms with Crippen molar-refractivity contribution < 1.29 is 14.3 Å². The first kappa shape index (κ1) is 16.7. The summed E-state index contributed by atoms with van der Waals surface area (Å²) in [5, 5.41) is 6.94. The predicted octanol–water partition coefficient (Wildman–Crippen LogP) is 2.06. The van der Waals surface area contributed by atoms with Crippen molar-refractivity contribution in [1.29, 1.82) is 0 Å². The molecule has 0 aliphatic carbocycles. The van der Waals surface area contributed by atoms with Crippen LogP contribution in [0.25, 0.3) is 0 Å². The molecule has 0 aliphatic rings. The van der Waals surface area contributed by atoms with Crippen LogP contribution >= 0.6 is 0 Å². The second-order valence-electron chi connectivity index (χ2n) is 5.29. The van der Waals surface area contributed by atoms with Crippen LogP contribution in [0.4, 0.5) is 0 Å². The number of rotatable bonds is 8. The average Bonchev–Trinajstić information content (AvgIpc) is 3.05. The van der Waals surface area contributed by atoms with E-state index in [0.29, 0.717) is 24.3 Å². The first-order valence-corrected chi connectivity index (χ1v) is 7.61. The van der Waals surface area contributed by atoms with Gasteiger partial charge < -0.3 is 10.1 Å². The minimum atomic E-state index is -0.196. The standard InChI is InChI=1S/C17H21N3O3/c1-3-16(21)14-5-7-15(8-6-14)23-12-17(22)19-13(2)11-20-10-4-9-18-20/h4-10,13H,3,11-12H2,1-2H3,(H,19,22)/t13-/m0/s1. The molecule has 0 saturated carbocycles. The molecule has 0 saturated heterocycles. The average molecular weight is 315 g/mol. The Morgan fingerprint density at radius 3 is 2.65 bits per heavy atom. The van der Waals surface area contributed by atoms with Crippen molar-refractivity contribution in [3.63, 3.8) is 0 Å². The molecule has 0 radical (unpaired) electrons. The van der Waals surface area contributed by atoms with Crippen molar-refractivity contribution in [3.8, 4) is 5.75 Å². The Bertz CT molecular complexity index is 636. The first-order valence-electron chi connectivity index (χ1n) is 7.61. The summed E-state index contributed by atoms with van der Waals surface area (Å²) >= 11 is 0. The van der Waals surface area contributed by atoms with Crippen LogP contribution in [-0.4, -0.2) is 34.1 Å². The van der Waals surface area contributed by atoms with E-state index in [-0.39, 0.29) is 24.3 Å². The number of aromatic nitrogens is 2. The number of ketones is 1. The molecule has 122 valence electrons. The molecule has 0 bridgehead atoms. The van der Waals surface area contributed by atoms with Gasteiger partial charge in [0.15, 0.2) is 12.4 Å². The minimum Gasteiger partial charge on any atom is -0.484 e. The van der Waals surface area contributed by atoms with E-state index in [9.17, 15) is 9.59 Å². The highest BCUT2D eigenvalue weighted by atomic mass is 16.5. The van der Waals surface area contributed by atoms with Crippen molar-refractivity contribution in [2.75, 3.05) is 6.61 Å². The molecule has 1 N–H and O–H groups in total. The Morgan fingerprint density at radius 2 is 2.04 bits per heavy atom. The van der Waals surface area contributed by atoms with E-state index in [1.54, 1.807) is 35.1 Å². The number of nitrogens with one attached hydrogen (secondary N) is 1. The lowest BCUT2D eigenvalue weighted by atomic mass is 10.1. The van der Waals surface area contributed by atoms with Crippen molar-refractivity contribution in [2.24, 2.45) is 0 Å². The highest BCUT2D eigenvalue weighted by Gasteiger charge is 2.09. The van der Waals surface area contributed by atoms with Gasteiger partial charge in [-0.25, -0.2) is 0 Å². The number of Topliss-reactive ketones (excluding diaryl/α,β-unsaturated/α-hetero) is 1. The normalized spacial score (nSPS) is 11.7. The van der Waals surface area contributed by atoms with E-state index in [1.807, 2.05) is 26.1 Å². The summed E-state index contributed by atoms with van der Waals surface area (Å²) in [5.74, 6) is 0.452. The van der Waals surface area contributed by atoms with Crippen molar-refractivity contribution >= 4 is 11.7 Å². The molecule has 2 aromatic rings. The number of nitrogens with zero attached hydrogens (tertiary/aromatic N) is 2. The third-order valence-corrected chi connectivity index (χ3v) is 3.29. The molecule has 2 rings (SSSR count). The van der Waals surface area contributed by atoms with Gasteiger partial charge in [0.1, 0.15) is 5.75 Å². The quantitative estimate of drug-likeness (QED) is 0.757. The fourth-order valence-corrected chi connectivity index (χ4v) is 2.14. The topological polar surface area (TPSA) is 73.2 Å². The molecule has 1 atom stereocenters. The van der Waals surface area contributed by atoms with Gasteiger partial charge in [0.25, 0.3) is 5.91 Å². The van der Waals surface area contributed by atoms with Crippen LogP contribution in [-0.2, 0) is 11.3 Å². The lowest BCUT2D eigenvalue weighted by Gasteiger charge is -2.14. The SMILES string of the molecule is CCC(=O)c1ccc(OCC(=O)N[C@@H](C)Cn2cccn2)cc1. The summed E-state index contributed by atoms with van der Waals surface area (Å²) in [6.07, 6.45) is 4.01. The maximum atomic E-state index is 11.9. The Kier molecular flexibility index (Phi) is 5.91. The number of carbonyl (C=O) groups excluding carboxylic acids is 2. The Balaban J connectivity index is 1.76. The zero-order valence-corrected chi connectivity index (χ0v) is 13.4. The summed E-state index contributed by atoms with van der Waals surface area (Å²) in [5.41, 5.74) is 0.650. The summed E-state index contributed by atoms with van der Waals surface area (Å²) in [6, 6.07) is 8.60. The van der Waals surface area contributed by atoms with Crippen molar-refractivity contribution in [3.05, 3.63) is 48.3 Å². The van der Waals surface area contributed by atoms with Crippen LogP contribution in [0.2, 0.25) is 0 Å². The van der Waals surface area contributed by atoms with Gasteiger partial charge in [-0.15, -0.1) is 0 Å². The van der Waals surface area contributed by atoms with Gasteiger partial charge in [-0.2, -0.15) is 5.10 Å². The Morgan fingerprint density at radius 1 is 1.30 bits per heavy atom. The van der Waals surface area contributed by atoms with Crippen LogP contribution in [0, 0.1) is 0 Å². The molecule has 1 amide bonds. The molecule has 6 heteroatoms. The van der Waals surface area contributed by atoms with E-state index >= 15 is 0 Å². The van der Waals surface area contributed by atoms with Gasteiger partial charge in [0, 0.05) is 30.4 Å². The van der Waals surface area contributed by atoms with Gasteiger partial charge in [-0.3, -0.25) is 14.3 Å². The molecule has 0 spiro atoms. The van der Waals surface area contributed by atoms with E-state index in [4.69, 9.17) is 4.74 Å². The number of hydrogen-bond donors (Lipinski definition) is 1. The minimum absolute atomic E-state index is 0.0458. The number of amides is 1. The summed E-state index contributed by atoms with van der Waals surface area (Å²) in [6.45, 7) is 4.27. The molecule has 6 nitrogen and oxygen atoms in total. The predicted molar refractivity (Wildman–Crippen MR) is 86.4 cm³/mol. The summed E-state index contributed by atoms with van der Waals surface area (Å²) < 4.78 is 7.19. The van der Waals surface area contributed by atoms with Gasteiger partial charge in [0.05, 0.1) is 6.54 Å². The first-order chi connectivity index (χ1) is 11.1. The maximum absolute atomic E-state index is 11.9. The van der Waals surface area contributed by atoms with E-state index in [2.05, 4.69) is 10.4 Å². The highest BCUT2D eigenvalue weighted by molar-refractivity contribution is 5.95. The van der Waals surface area contributed by atoms with Gasteiger partial charge in [-0.05, 0) is 37.3 Å². The van der Waals surface area contributed by atoms with E-state index in [1.165, 1.54) is 0 Å². The molecule has 1 heterocycles. The number of hydrogen-bond acceptors (Lipinski definition) is 4. The van der Waals surface area contributed by atoms with Gasteiger partial charge >= 0.3 is 0 Å². The largest absolute Gasteiger partial charge is 0.484 e. The molecule has 1 aromatic carbocycles. The third kappa shape index (κ3) is 5.25. The summed E-state index contributed by atoms with van der Waals surface area (Å²) in [7, 11) is 0. The lowest BCUT2D eigenvalue weighted by molar-refractivity contribution is -0.123. The zero-order chi connectivity index (χ0) is 16.7. The highest BCUT2D eigenvalue weighted by Crippen LogP contribution is 2.13. The number of ether oxygens (including phenoxy) is 1. The summed E-state index contributed by atoms with van der Waals surface area (Å²) in [4.78, 5) is 23.4. The zero-order valence-electron chi connectivity index (χ0n) is 13.4. The van der Waals surface area contributed by atoms with Gasteiger partial charge in [-0.1, -0.05) is 6.92 Å². The van der Waals surface area contributed by atoms with Crippen molar-refractivity contribution in [1.82, 2.24) is 15.1 Å². The maximum Gasteiger partial charge on any atom is 0.258 e.